The molecule has 22 N–H and O–H groups in total. The number of carbonyl (C=O) groups excluding carboxylic acids is 10. The summed E-state index contributed by atoms with van der Waals surface area (Å²) < 4.78 is 0. The third kappa shape index (κ3) is 26.7. The predicted molar refractivity (Wildman–Crippen MR) is 294 cm³/mol. The molecule has 0 spiro atoms. The number of nitrogens with zero attached hydrogens (tertiary/aromatic N) is 2. The van der Waals surface area contributed by atoms with Gasteiger partial charge in [0.1, 0.15) is 54.4 Å². The summed E-state index contributed by atoms with van der Waals surface area (Å²) in [7, 11) is 0. The van der Waals surface area contributed by atoms with Crippen LogP contribution in [0.25, 0.3) is 0 Å². The second-order valence-corrected chi connectivity index (χ2v) is 20.6. The number of aromatic nitrogens is 2. The number of H-pyrrole nitrogens is 1. The van der Waals surface area contributed by atoms with E-state index in [2.05, 4.69) is 80.8 Å². The second kappa shape index (κ2) is 36.6. The molecule has 0 radical (unpaired) electrons. The van der Waals surface area contributed by atoms with Crippen LogP contribution < -0.4 is 70.4 Å². The first kappa shape index (κ1) is 72.3. The molecule has 0 aliphatic carbocycles. The number of carbonyl (C=O) groups is 12. The zero-order chi connectivity index (χ0) is 62.6. The number of hydrogen-bond acceptors (Lipinski definition) is 19. The maximum Gasteiger partial charge on any atom is 0.326 e. The molecule has 33 nitrogen and oxygen atoms in total. The minimum atomic E-state index is -1.74. The van der Waals surface area contributed by atoms with Crippen LogP contribution in [0.4, 0.5) is 0 Å². The van der Waals surface area contributed by atoms with Gasteiger partial charge in [0, 0.05) is 30.6 Å². The second-order valence-electron chi connectivity index (χ2n) is 20.2. The summed E-state index contributed by atoms with van der Waals surface area (Å²) in [5.41, 5.74) is 16.5. The number of nitrogens with one attached hydrogen (secondary N) is 11. The number of guanidine groups is 1. The molecule has 1 aromatic heterocycles. The lowest BCUT2D eigenvalue weighted by Gasteiger charge is -2.29. The summed E-state index contributed by atoms with van der Waals surface area (Å²) in [6.07, 6.45) is 0.0272. The highest BCUT2D eigenvalue weighted by molar-refractivity contribution is 7.80. The molecule has 0 saturated carbocycles. The molecule has 0 bridgehead atoms. The molecule has 0 saturated heterocycles. The van der Waals surface area contributed by atoms with Crippen LogP contribution in [-0.2, 0) is 64.0 Å². The van der Waals surface area contributed by atoms with E-state index < -0.39 is 170 Å². The Morgan fingerprint density at radius 1 is 0.610 bits per heavy atom. The fourth-order valence-electron chi connectivity index (χ4n) is 7.46. The number of aliphatic hydroxyl groups excluding tert-OH is 3. The van der Waals surface area contributed by atoms with E-state index in [1.807, 2.05) is 0 Å². The highest BCUT2D eigenvalue weighted by Gasteiger charge is 2.37. The molecule has 10 amide bonds. The number of thiol groups is 1. The Bertz CT molecular complexity index is 2360. The van der Waals surface area contributed by atoms with Crippen LogP contribution in [0.5, 0.6) is 0 Å². The van der Waals surface area contributed by atoms with Gasteiger partial charge in [-0.05, 0) is 50.4 Å². The number of nitrogens with two attached hydrogens (primary N) is 3. The molecule has 462 valence electrons. The van der Waals surface area contributed by atoms with E-state index in [0.717, 1.165) is 0 Å². The standard InChI is InChI=1S/C48H82N16O17S/c1-21(2)11-28(58-43(76)32(18-66)61-45(78)36(23(5)6)63-34(68)16-54-39(72)31(17-65)60-44(77)33(19-82)62-38(71)26(49)14-35(69)70)40(73)59-30(13-25-15-52-20-55-25)41(74)57-29(12-22(3)4)42(75)64-37(24(7)67)46(79)56-27(47(80)81)9-8-10-53-48(50)51/h15,20-24,26-33,36-37,65-67,82H,8-14,16-19,49H2,1-7H3,(H,52,55)(H,54,72)(H,56,79)(H,57,74)(H,58,76)(H,59,73)(H,60,77)(H,61,78)(H,62,71)(H,63,68)(H,64,75)(H,69,70)(H,80,81)(H4,50,51,53)/t24-,26+,27+,28+,29+,30+,31+,32+,33+,36+,37+/m1/s1. The maximum atomic E-state index is 14.2. The molecular weight excluding hydrogens is 1100 g/mol. The number of aromatic amines is 1. The minimum absolute atomic E-state index is 0.0386. The van der Waals surface area contributed by atoms with Crippen LogP contribution in [0.15, 0.2) is 17.5 Å². The van der Waals surface area contributed by atoms with E-state index >= 15 is 0 Å². The first-order chi connectivity index (χ1) is 38.3. The minimum Gasteiger partial charge on any atom is -0.481 e. The van der Waals surface area contributed by atoms with Gasteiger partial charge in [0.2, 0.25) is 59.1 Å². The average molecular weight is 1190 g/mol. The van der Waals surface area contributed by atoms with Crippen molar-refractivity contribution in [3.05, 3.63) is 18.2 Å². The first-order valence-electron chi connectivity index (χ1n) is 26.1. The number of carboxylic acids is 2. The van der Waals surface area contributed by atoms with Gasteiger partial charge in [-0.3, -0.25) is 57.7 Å². The van der Waals surface area contributed by atoms with Crippen molar-refractivity contribution in [2.45, 2.75) is 154 Å². The monoisotopic (exact) mass is 1190 g/mol. The van der Waals surface area contributed by atoms with Crippen LogP contribution in [0.1, 0.15) is 86.3 Å². The summed E-state index contributed by atoms with van der Waals surface area (Å²) in [5.74, 6) is -14.6. The van der Waals surface area contributed by atoms with Crippen molar-refractivity contribution < 1.29 is 83.1 Å². The van der Waals surface area contributed by atoms with Crippen LogP contribution in [0, 0.1) is 17.8 Å². The highest BCUT2D eigenvalue weighted by atomic mass is 32.1. The summed E-state index contributed by atoms with van der Waals surface area (Å²) in [6.45, 7) is 8.31. The number of rotatable bonds is 38. The summed E-state index contributed by atoms with van der Waals surface area (Å²) in [4.78, 5) is 167. The van der Waals surface area contributed by atoms with Crippen molar-refractivity contribution in [3.63, 3.8) is 0 Å². The van der Waals surface area contributed by atoms with Gasteiger partial charge in [-0.1, -0.05) is 41.5 Å². The first-order valence-corrected chi connectivity index (χ1v) is 26.7. The van der Waals surface area contributed by atoms with Gasteiger partial charge < -0.3 is 101 Å². The number of aliphatic carboxylic acids is 2. The lowest BCUT2D eigenvalue weighted by molar-refractivity contribution is -0.143. The van der Waals surface area contributed by atoms with E-state index in [0.29, 0.717) is 5.69 Å². The van der Waals surface area contributed by atoms with Gasteiger partial charge in [0.25, 0.3) is 0 Å². The molecule has 1 aromatic rings. The van der Waals surface area contributed by atoms with E-state index in [4.69, 9.17) is 22.3 Å². The molecule has 0 fully saturated rings. The van der Waals surface area contributed by atoms with Crippen molar-refractivity contribution >= 4 is 89.6 Å². The Kier molecular flexibility index (Phi) is 32.3. The molecule has 34 heteroatoms. The predicted octanol–water partition coefficient (Wildman–Crippen LogP) is -7.58. The van der Waals surface area contributed by atoms with Crippen molar-refractivity contribution in [1.29, 1.82) is 0 Å². The number of hydrogen-bond donors (Lipinski definition) is 20. The quantitative estimate of drug-likeness (QED) is 0.0127. The van der Waals surface area contributed by atoms with Gasteiger partial charge >= 0.3 is 11.9 Å². The molecule has 0 aliphatic heterocycles. The van der Waals surface area contributed by atoms with Crippen molar-refractivity contribution in [2.75, 3.05) is 32.1 Å². The van der Waals surface area contributed by atoms with Crippen LogP contribution in [0.2, 0.25) is 0 Å². The van der Waals surface area contributed by atoms with Crippen molar-refractivity contribution in [1.82, 2.24) is 63.1 Å². The summed E-state index contributed by atoms with van der Waals surface area (Å²) in [5, 5.41) is 72.9. The van der Waals surface area contributed by atoms with Crippen LogP contribution in [0.3, 0.4) is 0 Å². The Morgan fingerprint density at radius 2 is 1.07 bits per heavy atom. The Balaban J connectivity index is 3.25. The Morgan fingerprint density at radius 3 is 1.55 bits per heavy atom. The highest BCUT2D eigenvalue weighted by Crippen LogP contribution is 2.12. The van der Waals surface area contributed by atoms with Gasteiger partial charge in [-0.15, -0.1) is 0 Å². The van der Waals surface area contributed by atoms with E-state index in [1.165, 1.54) is 33.3 Å². The lowest BCUT2D eigenvalue weighted by atomic mass is 10.00. The summed E-state index contributed by atoms with van der Waals surface area (Å²) in [6, 6.07) is -15.3. The third-order valence-electron chi connectivity index (χ3n) is 11.8. The average Bonchev–Trinajstić information content (AvgIpc) is 3.96. The number of aliphatic hydroxyl groups is 3. The molecule has 0 aromatic carbocycles. The number of aliphatic imine (C=N–C) groups is 1. The van der Waals surface area contributed by atoms with Gasteiger partial charge in [0.05, 0.1) is 44.7 Å². The molecular formula is C48H82N16O17S. The molecule has 1 rings (SSSR count). The SMILES string of the molecule is CC(C)C[C@H](NC(=O)[C@H](CO)NC(=O)[C@@H](NC(=O)CNC(=O)[C@H](CO)NC(=O)[C@H](CS)NC(=O)[C@@H](N)CC(=O)O)C(C)C)C(=O)N[C@@H](Cc1cnc[nH]1)C(=O)N[C@@H](CC(C)C)C(=O)N[C@H](C(=O)N[C@@H](CCCN=C(N)N)C(=O)O)[C@@H](C)O. The van der Waals surface area contributed by atoms with Crippen molar-refractivity contribution in [3.8, 4) is 0 Å². The third-order valence-corrected chi connectivity index (χ3v) is 12.1. The largest absolute Gasteiger partial charge is 0.481 e. The van der Waals surface area contributed by atoms with Crippen LogP contribution in [-0.4, -0.2) is 211 Å². The molecule has 11 atom stereocenters. The summed E-state index contributed by atoms with van der Waals surface area (Å²) >= 11 is 3.97. The molecule has 1 heterocycles. The van der Waals surface area contributed by atoms with Gasteiger partial charge in [-0.2, -0.15) is 12.6 Å². The number of imidazole rings is 1. The Hall–Kier alpha value is -7.69. The topological polar surface area (TPSA) is 545 Å². The fourth-order valence-corrected chi connectivity index (χ4v) is 7.71. The van der Waals surface area contributed by atoms with Gasteiger partial charge in [-0.25, -0.2) is 9.78 Å². The zero-order valence-electron chi connectivity index (χ0n) is 46.7. The lowest BCUT2D eigenvalue weighted by Crippen LogP contribution is -2.62. The number of amides is 10. The molecule has 82 heavy (non-hydrogen) atoms. The normalized spacial score (nSPS) is 15.2. The van der Waals surface area contributed by atoms with E-state index in [1.54, 1.807) is 27.7 Å². The zero-order valence-corrected chi connectivity index (χ0v) is 47.6. The van der Waals surface area contributed by atoms with E-state index in [-0.39, 0.29) is 62.2 Å². The van der Waals surface area contributed by atoms with Gasteiger partial charge in [0.15, 0.2) is 5.96 Å². The van der Waals surface area contributed by atoms with Crippen molar-refractivity contribution in [2.24, 2.45) is 39.9 Å². The molecule has 0 aliphatic rings. The fraction of sp³-hybridized carbons (Fsp3) is 0.667. The Labute approximate surface area is 478 Å². The van der Waals surface area contributed by atoms with Crippen LogP contribution >= 0.6 is 12.6 Å². The smallest absolute Gasteiger partial charge is 0.326 e. The van der Waals surface area contributed by atoms with E-state index in [9.17, 15) is 78.0 Å². The molecule has 0 unspecified atom stereocenters. The number of carboxylic acid groups (broad SMARTS) is 2. The maximum absolute atomic E-state index is 14.2.